The molecule has 67 heavy (non-hydrogen) atoms. The summed E-state index contributed by atoms with van der Waals surface area (Å²) in [7, 11) is 0. The van der Waals surface area contributed by atoms with Gasteiger partial charge in [0.2, 0.25) is 0 Å². The van der Waals surface area contributed by atoms with Crippen molar-refractivity contribution < 1.29 is 0 Å². The third kappa shape index (κ3) is 8.98. The second kappa shape index (κ2) is 18.2. The van der Waals surface area contributed by atoms with Gasteiger partial charge in [-0.1, -0.05) is 182 Å². The van der Waals surface area contributed by atoms with Crippen LogP contribution in [-0.4, -0.2) is 6.71 Å². The molecule has 2 heteroatoms. The van der Waals surface area contributed by atoms with Crippen LogP contribution in [0.25, 0.3) is 32.9 Å². The lowest BCUT2D eigenvalue weighted by Crippen LogP contribution is -2.45. The molecule has 0 atom stereocenters. The van der Waals surface area contributed by atoms with Gasteiger partial charge in [-0.2, -0.15) is 0 Å². The van der Waals surface area contributed by atoms with E-state index in [1.165, 1.54) is 135 Å². The minimum absolute atomic E-state index is 0.0326. The predicted molar refractivity (Wildman–Crippen MR) is 300 cm³/mol. The van der Waals surface area contributed by atoms with Crippen LogP contribution >= 0.6 is 11.3 Å². The van der Waals surface area contributed by atoms with Crippen molar-refractivity contribution in [2.24, 2.45) is 0 Å². The maximum atomic E-state index is 4.64. The van der Waals surface area contributed by atoms with Crippen LogP contribution in [0, 0.1) is 27.7 Å². The number of thiophene rings is 1. The van der Waals surface area contributed by atoms with Crippen LogP contribution in [0.5, 0.6) is 0 Å². The van der Waals surface area contributed by atoms with Crippen molar-refractivity contribution in [2.75, 3.05) is 0 Å². The molecule has 2 aliphatic carbocycles. The fraction of sp³-hybridized carbons (Fsp3) is 0.385. The zero-order chi connectivity index (χ0) is 48.4. The van der Waals surface area contributed by atoms with Gasteiger partial charge in [0.1, 0.15) is 0 Å². The Morgan fingerprint density at radius 3 is 1.84 bits per heavy atom. The highest BCUT2D eigenvalue weighted by Gasteiger charge is 2.40. The van der Waals surface area contributed by atoms with E-state index in [9.17, 15) is 0 Å². The molecule has 0 spiro atoms. The number of rotatable bonds is 11. The molecule has 0 unspecified atom stereocenters. The second-order valence-electron chi connectivity index (χ2n) is 23.1. The van der Waals surface area contributed by atoms with Crippen LogP contribution in [0.1, 0.15) is 169 Å². The summed E-state index contributed by atoms with van der Waals surface area (Å²) < 4.78 is 2.82. The van der Waals surface area contributed by atoms with Gasteiger partial charge in [-0.05, 0) is 208 Å². The molecule has 2 aliphatic rings. The van der Waals surface area contributed by atoms with Crippen molar-refractivity contribution in [1.82, 2.24) is 0 Å². The third-order valence-corrected chi connectivity index (χ3v) is 17.8. The van der Waals surface area contributed by atoms with Gasteiger partial charge in [0.05, 0.1) is 0 Å². The molecule has 0 bridgehead atoms. The summed E-state index contributed by atoms with van der Waals surface area (Å²) in [6.45, 7) is 40.3. The second-order valence-corrected chi connectivity index (χ2v) is 24.2. The molecule has 6 aromatic rings. The highest BCUT2D eigenvalue weighted by molar-refractivity contribution is 7.31. The maximum absolute atomic E-state index is 4.64. The van der Waals surface area contributed by atoms with E-state index < -0.39 is 0 Å². The van der Waals surface area contributed by atoms with Crippen molar-refractivity contribution in [3.63, 3.8) is 0 Å². The standard InChI is InChI=1S/C65H77BS/c1-17-22-47-27-28-49(37-53(47)51-38-55-54(35-44(51)7)62(9,10)31-32-63(55,11)12)59(46(19-3)36-48-24-21-20-23-43(48)6)60(42(5)18-2)66(50-29-25-41(4)26-30-50)61-45(8)52-39-56-57(40-58(52)67-61)65(15,16)34-33-64(56,13)14/h18-21,23-30,35-40H,3,17,22,31-34H2,1-2,4-16H3/b42-18-,46-36+,60-59-. The summed E-state index contributed by atoms with van der Waals surface area (Å²) in [5, 5.41) is 1.40. The molecule has 1 aromatic heterocycles. The van der Waals surface area contributed by atoms with Crippen molar-refractivity contribution >= 4 is 50.0 Å². The lowest BCUT2D eigenvalue weighted by atomic mass is 9.36. The van der Waals surface area contributed by atoms with Gasteiger partial charge < -0.3 is 0 Å². The van der Waals surface area contributed by atoms with E-state index in [0.717, 1.165) is 18.4 Å². The molecular weight excluding hydrogens is 824 g/mol. The Morgan fingerprint density at radius 2 is 1.25 bits per heavy atom. The van der Waals surface area contributed by atoms with Gasteiger partial charge in [0.25, 0.3) is 6.71 Å². The Bertz CT molecular complexity index is 2980. The molecule has 0 amide bonds. The average Bonchev–Trinajstić information content (AvgIpc) is 3.61. The Kier molecular flexibility index (Phi) is 13.2. The topological polar surface area (TPSA) is 0 Å². The van der Waals surface area contributed by atoms with E-state index in [0.29, 0.717) is 0 Å². The SMILES string of the molecule is C=CC(=C\c1ccccc1C)/C(=C(B(c1ccc(C)cc1)c1sc2cc3c(cc2c1C)C(C)(C)CCC3(C)C)\C(C)=C/C)c1ccc(CCC)c(-c2cc3c(cc2C)C(C)(C)CCC3(C)C)c1. The number of aryl methyl sites for hydroxylation is 5. The van der Waals surface area contributed by atoms with Crippen molar-refractivity contribution in [3.8, 4) is 11.1 Å². The Morgan fingerprint density at radius 1 is 0.672 bits per heavy atom. The minimum Gasteiger partial charge on any atom is -0.149 e. The number of fused-ring (bicyclic) bond motifs is 3. The van der Waals surface area contributed by atoms with Crippen LogP contribution < -0.4 is 10.2 Å². The van der Waals surface area contributed by atoms with Crippen LogP contribution in [0.4, 0.5) is 0 Å². The molecule has 0 nitrogen and oxygen atoms in total. The first-order valence-corrected chi connectivity index (χ1v) is 26.2. The normalized spacial score (nSPS) is 17.7. The summed E-state index contributed by atoms with van der Waals surface area (Å²) in [5.74, 6) is 0. The lowest BCUT2D eigenvalue weighted by molar-refractivity contribution is 0.332. The third-order valence-electron chi connectivity index (χ3n) is 16.4. The molecule has 5 aromatic carbocycles. The van der Waals surface area contributed by atoms with Gasteiger partial charge >= 0.3 is 0 Å². The zero-order valence-electron chi connectivity index (χ0n) is 43.8. The Balaban J connectivity index is 1.50. The van der Waals surface area contributed by atoms with Crippen molar-refractivity contribution in [1.29, 1.82) is 0 Å². The van der Waals surface area contributed by atoms with Gasteiger partial charge in [-0.25, -0.2) is 0 Å². The zero-order valence-corrected chi connectivity index (χ0v) is 44.6. The van der Waals surface area contributed by atoms with E-state index in [2.05, 4.69) is 220 Å². The molecule has 0 saturated heterocycles. The number of hydrogen-bond donors (Lipinski definition) is 0. The van der Waals surface area contributed by atoms with Gasteiger partial charge in [-0.3, -0.25) is 0 Å². The summed E-state index contributed by atoms with van der Waals surface area (Å²) in [6.07, 6.45) is 13.8. The van der Waals surface area contributed by atoms with Gasteiger partial charge in [0, 0.05) is 4.70 Å². The first-order chi connectivity index (χ1) is 31.6. The molecule has 346 valence electrons. The van der Waals surface area contributed by atoms with Crippen LogP contribution in [0.3, 0.4) is 0 Å². The fourth-order valence-electron chi connectivity index (χ4n) is 11.6. The molecule has 0 radical (unpaired) electrons. The maximum Gasteiger partial charge on any atom is 0.255 e. The Labute approximate surface area is 410 Å². The van der Waals surface area contributed by atoms with Crippen LogP contribution in [0.2, 0.25) is 0 Å². The molecule has 0 saturated carbocycles. The largest absolute Gasteiger partial charge is 0.255 e. The Hall–Kier alpha value is -4.92. The van der Waals surface area contributed by atoms with Crippen molar-refractivity contribution in [3.05, 3.63) is 188 Å². The van der Waals surface area contributed by atoms with Crippen LogP contribution in [0.15, 0.2) is 126 Å². The first kappa shape index (κ1) is 48.5. The average molecular weight is 901 g/mol. The highest BCUT2D eigenvalue weighted by atomic mass is 32.1. The monoisotopic (exact) mass is 901 g/mol. The van der Waals surface area contributed by atoms with E-state index >= 15 is 0 Å². The smallest absolute Gasteiger partial charge is 0.149 e. The van der Waals surface area contributed by atoms with Crippen molar-refractivity contribution in [2.45, 2.75) is 164 Å². The summed E-state index contributed by atoms with van der Waals surface area (Å²) in [4.78, 5) is 0. The predicted octanol–water partition coefficient (Wildman–Crippen LogP) is 17.3. The van der Waals surface area contributed by atoms with E-state index in [1.807, 2.05) is 11.3 Å². The minimum atomic E-state index is -0.0326. The summed E-state index contributed by atoms with van der Waals surface area (Å²) >= 11 is 2.02. The number of allylic oxidation sites excluding steroid dienone is 6. The molecular formula is C65H77BS. The highest BCUT2D eigenvalue weighted by Crippen LogP contribution is 2.50. The van der Waals surface area contributed by atoms with E-state index in [4.69, 9.17) is 0 Å². The molecule has 1 heterocycles. The van der Waals surface area contributed by atoms with Crippen LogP contribution in [-0.2, 0) is 28.1 Å². The fourth-order valence-corrected chi connectivity index (χ4v) is 13.0. The molecule has 0 aliphatic heterocycles. The summed E-state index contributed by atoms with van der Waals surface area (Å²) in [6, 6.07) is 36.0. The van der Waals surface area contributed by atoms with E-state index in [-0.39, 0.29) is 28.4 Å². The first-order valence-electron chi connectivity index (χ1n) is 25.3. The summed E-state index contributed by atoms with van der Waals surface area (Å²) in [5.41, 5.74) is 24.8. The molecule has 8 rings (SSSR count). The quantitative estimate of drug-likeness (QED) is 0.0898. The lowest BCUT2D eigenvalue weighted by Gasteiger charge is -2.42. The molecule has 0 fully saturated rings. The van der Waals surface area contributed by atoms with E-state index in [1.54, 1.807) is 0 Å². The van der Waals surface area contributed by atoms with Gasteiger partial charge in [-0.15, -0.1) is 11.3 Å². The molecule has 0 N–H and O–H groups in total. The number of hydrogen-bond acceptors (Lipinski definition) is 1. The number of benzene rings is 5. The van der Waals surface area contributed by atoms with Gasteiger partial charge in [0.15, 0.2) is 0 Å².